The molecule has 3 unspecified atom stereocenters. The van der Waals surface area contributed by atoms with E-state index in [0.29, 0.717) is 17.8 Å². The largest absolute Gasteiger partial charge is 0.399 e. The van der Waals surface area contributed by atoms with Crippen LogP contribution in [0.2, 0.25) is 0 Å². The molecule has 0 bridgehead atoms. The van der Waals surface area contributed by atoms with Crippen molar-refractivity contribution < 1.29 is 0 Å². The molecular formula is C14H23N3. The van der Waals surface area contributed by atoms with Crippen LogP contribution in [-0.2, 0) is 0 Å². The van der Waals surface area contributed by atoms with Crippen molar-refractivity contribution >= 4 is 6.21 Å². The predicted octanol–water partition coefficient (Wildman–Crippen LogP) is 2.04. The van der Waals surface area contributed by atoms with Crippen molar-refractivity contribution in [1.29, 1.82) is 5.41 Å². The van der Waals surface area contributed by atoms with Gasteiger partial charge in [0.2, 0.25) is 0 Å². The maximum Gasteiger partial charge on any atom is 0.0305 e. The Bertz CT molecular complexity index is 421. The molecule has 2 aliphatic carbocycles. The van der Waals surface area contributed by atoms with Gasteiger partial charge in [0.05, 0.1) is 0 Å². The molecule has 3 heteroatoms. The van der Waals surface area contributed by atoms with Gasteiger partial charge in [0.25, 0.3) is 0 Å². The number of hydrogen-bond acceptors (Lipinski definition) is 3. The third-order valence-electron chi connectivity index (χ3n) is 5.04. The summed E-state index contributed by atoms with van der Waals surface area (Å²) in [4.78, 5) is 0. The highest BCUT2D eigenvalue weighted by atomic mass is 14.9. The highest BCUT2D eigenvalue weighted by Gasteiger charge is 2.60. The highest BCUT2D eigenvalue weighted by Crippen LogP contribution is 2.57. The first-order valence-electron chi connectivity index (χ1n) is 6.29. The van der Waals surface area contributed by atoms with Gasteiger partial charge in [-0.25, -0.2) is 0 Å². The summed E-state index contributed by atoms with van der Waals surface area (Å²) in [5.41, 5.74) is 15.5. The quantitative estimate of drug-likeness (QED) is 0.638. The van der Waals surface area contributed by atoms with Gasteiger partial charge in [-0.05, 0) is 30.4 Å². The summed E-state index contributed by atoms with van der Waals surface area (Å²) in [7, 11) is 0. The first kappa shape index (κ1) is 12.4. The molecule has 0 radical (unpaired) electrons. The van der Waals surface area contributed by atoms with Crippen LogP contribution in [0.25, 0.3) is 0 Å². The molecule has 0 aliphatic heterocycles. The molecule has 0 aromatic rings. The number of nitrogens with one attached hydrogen (secondary N) is 1. The zero-order valence-electron chi connectivity index (χ0n) is 11.1. The lowest BCUT2D eigenvalue weighted by atomic mass is 9.76. The first-order valence-corrected chi connectivity index (χ1v) is 6.29. The number of rotatable bonds is 2. The Hall–Kier alpha value is -1.09. The van der Waals surface area contributed by atoms with E-state index in [-0.39, 0.29) is 11.5 Å². The lowest BCUT2D eigenvalue weighted by Crippen LogP contribution is -2.23. The van der Waals surface area contributed by atoms with E-state index in [4.69, 9.17) is 16.9 Å². The average molecular weight is 233 g/mol. The number of hydrogen-bond donors (Lipinski definition) is 3. The van der Waals surface area contributed by atoms with Crippen LogP contribution in [-0.4, -0.2) is 12.3 Å². The van der Waals surface area contributed by atoms with Crippen molar-refractivity contribution in [2.24, 2.45) is 34.6 Å². The SMILES string of the molecule is CC1=C(N)C=C([C@H]2C(N)C2(C)C=N)[C@H](C)C1C. The van der Waals surface area contributed by atoms with Crippen LogP contribution in [0.15, 0.2) is 22.9 Å². The minimum absolute atomic E-state index is 0.0760. The van der Waals surface area contributed by atoms with E-state index < -0.39 is 0 Å². The summed E-state index contributed by atoms with van der Waals surface area (Å²) < 4.78 is 0. The van der Waals surface area contributed by atoms with Crippen LogP contribution in [0, 0.1) is 28.6 Å². The van der Waals surface area contributed by atoms with E-state index in [1.165, 1.54) is 17.4 Å². The Labute approximate surface area is 103 Å². The molecule has 0 heterocycles. The number of allylic oxidation sites excluding steroid dienone is 2. The Balaban J connectivity index is 2.35. The lowest BCUT2D eigenvalue weighted by molar-refractivity contribution is 0.460. The zero-order chi connectivity index (χ0) is 13.0. The standard InChI is InChI=1S/C14H23N3/c1-7-8(2)10(5-11(16)9(7)3)12-13(17)14(12,4)6-15/h5-8,12-13,15H,16-17H2,1-4H3/t7?,8-,12+,13?,14?/m1/s1. The van der Waals surface area contributed by atoms with Gasteiger partial charge >= 0.3 is 0 Å². The second-order valence-electron chi connectivity index (χ2n) is 5.87. The van der Waals surface area contributed by atoms with Crippen LogP contribution in [0.4, 0.5) is 0 Å². The van der Waals surface area contributed by atoms with Crippen molar-refractivity contribution in [3.63, 3.8) is 0 Å². The summed E-state index contributed by atoms with van der Waals surface area (Å²) in [6.45, 7) is 8.62. The fourth-order valence-electron chi connectivity index (χ4n) is 3.04. The molecule has 1 fully saturated rings. The predicted molar refractivity (Wildman–Crippen MR) is 71.7 cm³/mol. The summed E-state index contributed by atoms with van der Waals surface area (Å²) in [5, 5.41) is 7.53. The molecule has 17 heavy (non-hydrogen) atoms. The van der Waals surface area contributed by atoms with Crippen molar-refractivity contribution in [1.82, 2.24) is 0 Å². The van der Waals surface area contributed by atoms with E-state index in [0.717, 1.165) is 5.70 Å². The average Bonchev–Trinajstić information content (AvgIpc) is 2.85. The van der Waals surface area contributed by atoms with Gasteiger partial charge in [-0.3, -0.25) is 0 Å². The minimum atomic E-state index is -0.161. The molecule has 2 rings (SSSR count). The van der Waals surface area contributed by atoms with Crippen LogP contribution >= 0.6 is 0 Å². The maximum absolute atomic E-state index is 7.53. The highest BCUT2D eigenvalue weighted by molar-refractivity contribution is 5.71. The Morgan fingerprint density at radius 2 is 1.94 bits per heavy atom. The molecule has 0 aromatic carbocycles. The van der Waals surface area contributed by atoms with Crippen molar-refractivity contribution in [3.05, 3.63) is 22.9 Å². The first-order chi connectivity index (χ1) is 7.84. The molecule has 94 valence electrons. The van der Waals surface area contributed by atoms with Crippen molar-refractivity contribution in [3.8, 4) is 0 Å². The molecule has 0 spiro atoms. The van der Waals surface area contributed by atoms with E-state index in [2.05, 4.69) is 33.8 Å². The summed E-state index contributed by atoms with van der Waals surface area (Å²) in [6.07, 6.45) is 3.60. The van der Waals surface area contributed by atoms with E-state index in [1.54, 1.807) is 0 Å². The third-order valence-corrected chi connectivity index (χ3v) is 5.04. The van der Waals surface area contributed by atoms with Gasteiger partial charge in [-0.15, -0.1) is 0 Å². The summed E-state index contributed by atoms with van der Waals surface area (Å²) >= 11 is 0. The topological polar surface area (TPSA) is 75.9 Å². The van der Waals surface area contributed by atoms with Gasteiger partial charge in [-0.1, -0.05) is 26.3 Å². The van der Waals surface area contributed by atoms with Crippen LogP contribution in [0.1, 0.15) is 27.7 Å². The van der Waals surface area contributed by atoms with Gasteiger partial charge in [0.15, 0.2) is 0 Å². The summed E-state index contributed by atoms with van der Waals surface area (Å²) in [6, 6.07) is 0.0760. The molecule has 3 nitrogen and oxygen atoms in total. The molecule has 5 N–H and O–H groups in total. The van der Waals surface area contributed by atoms with E-state index >= 15 is 0 Å². The molecule has 0 amide bonds. The fraction of sp³-hybridized carbons (Fsp3) is 0.643. The number of nitrogens with two attached hydrogens (primary N) is 2. The van der Waals surface area contributed by atoms with Gasteiger partial charge in [0, 0.05) is 29.3 Å². The second kappa shape index (κ2) is 3.70. The van der Waals surface area contributed by atoms with Crippen LogP contribution in [0.5, 0.6) is 0 Å². The maximum atomic E-state index is 7.53. The molecular weight excluding hydrogens is 210 g/mol. The van der Waals surface area contributed by atoms with Crippen LogP contribution in [0.3, 0.4) is 0 Å². The molecule has 2 aliphatic rings. The second-order valence-corrected chi connectivity index (χ2v) is 5.87. The zero-order valence-corrected chi connectivity index (χ0v) is 11.1. The normalized spacial score (nSPS) is 45.6. The third kappa shape index (κ3) is 1.56. The van der Waals surface area contributed by atoms with E-state index in [1.807, 2.05) is 0 Å². The minimum Gasteiger partial charge on any atom is -0.399 e. The Kier molecular flexibility index (Phi) is 2.69. The summed E-state index contributed by atoms with van der Waals surface area (Å²) in [5.74, 6) is 1.24. The molecule has 0 saturated heterocycles. The lowest BCUT2D eigenvalue weighted by Gasteiger charge is -2.30. The molecule has 5 atom stereocenters. The Morgan fingerprint density at radius 3 is 2.41 bits per heavy atom. The van der Waals surface area contributed by atoms with Gasteiger partial charge in [-0.2, -0.15) is 0 Å². The van der Waals surface area contributed by atoms with E-state index in [9.17, 15) is 0 Å². The van der Waals surface area contributed by atoms with Crippen molar-refractivity contribution in [2.45, 2.75) is 33.7 Å². The molecule has 0 aromatic heterocycles. The van der Waals surface area contributed by atoms with Crippen LogP contribution < -0.4 is 11.5 Å². The van der Waals surface area contributed by atoms with Crippen molar-refractivity contribution in [2.75, 3.05) is 0 Å². The molecule has 1 saturated carbocycles. The monoisotopic (exact) mass is 233 g/mol. The Morgan fingerprint density at radius 1 is 1.35 bits per heavy atom. The smallest absolute Gasteiger partial charge is 0.0305 e. The van der Waals surface area contributed by atoms with Gasteiger partial charge < -0.3 is 16.9 Å². The van der Waals surface area contributed by atoms with Gasteiger partial charge in [0.1, 0.15) is 0 Å². The fourth-order valence-corrected chi connectivity index (χ4v) is 3.04.